The van der Waals surface area contributed by atoms with E-state index in [2.05, 4.69) is 0 Å². The van der Waals surface area contributed by atoms with Crippen LogP contribution < -0.4 is 24.8 Å². The molecule has 1 aliphatic rings. The second-order valence-corrected chi connectivity index (χ2v) is 7.79. The minimum absolute atomic E-state index is 0.206. The maximum Gasteiger partial charge on any atom is 0.270 e. The van der Waals surface area contributed by atoms with Crippen molar-refractivity contribution in [2.75, 3.05) is 25.2 Å². The van der Waals surface area contributed by atoms with Crippen LogP contribution in [0.15, 0.2) is 47.4 Å². The van der Waals surface area contributed by atoms with Gasteiger partial charge in [-0.3, -0.25) is 14.5 Å². The lowest BCUT2D eigenvalue weighted by atomic mass is 10.1. The molecule has 1 heterocycles. The number of rotatable bonds is 8. The first-order chi connectivity index (χ1) is 14.4. The van der Waals surface area contributed by atoms with Crippen LogP contribution in [0, 0.1) is 0 Å². The van der Waals surface area contributed by atoms with Gasteiger partial charge in [-0.05, 0) is 55.0 Å². The van der Waals surface area contributed by atoms with E-state index in [-0.39, 0.29) is 12.5 Å². The number of anilines is 1. The van der Waals surface area contributed by atoms with Gasteiger partial charge in [0.15, 0.2) is 22.4 Å². The smallest absolute Gasteiger partial charge is 0.270 e. The molecule has 9 heteroatoms. The van der Waals surface area contributed by atoms with Crippen molar-refractivity contribution in [3.63, 3.8) is 0 Å². The number of benzene rings is 2. The SMILES string of the molecule is CCOc1cc(/C=C2/SC(=S)N(c3ccc(OC)cc3)C2=O)ccc1OCC(N)=O. The van der Waals surface area contributed by atoms with E-state index in [9.17, 15) is 9.59 Å². The molecule has 7 nitrogen and oxygen atoms in total. The second-order valence-electron chi connectivity index (χ2n) is 6.11. The van der Waals surface area contributed by atoms with E-state index in [1.165, 1.54) is 16.7 Å². The third-order valence-electron chi connectivity index (χ3n) is 4.06. The van der Waals surface area contributed by atoms with Crippen molar-refractivity contribution >= 4 is 51.9 Å². The Bertz CT molecular complexity index is 1000. The summed E-state index contributed by atoms with van der Waals surface area (Å²) in [6.07, 6.45) is 1.74. The predicted octanol–water partition coefficient (Wildman–Crippen LogP) is 3.36. The van der Waals surface area contributed by atoms with Gasteiger partial charge in [-0.15, -0.1) is 0 Å². The van der Waals surface area contributed by atoms with Gasteiger partial charge in [0.25, 0.3) is 11.8 Å². The fourth-order valence-corrected chi connectivity index (χ4v) is 4.02. The van der Waals surface area contributed by atoms with Crippen LogP contribution >= 0.6 is 24.0 Å². The molecule has 0 aliphatic carbocycles. The Hall–Kier alpha value is -3.04. The van der Waals surface area contributed by atoms with Crippen LogP contribution in [0.3, 0.4) is 0 Å². The molecule has 1 saturated heterocycles. The second kappa shape index (κ2) is 9.64. The summed E-state index contributed by atoms with van der Waals surface area (Å²) in [5.74, 6) is 0.768. The molecular formula is C21H20N2O5S2. The summed E-state index contributed by atoms with van der Waals surface area (Å²) < 4.78 is 16.6. The zero-order valence-electron chi connectivity index (χ0n) is 16.4. The highest BCUT2D eigenvalue weighted by molar-refractivity contribution is 8.27. The van der Waals surface area contributed by atoms with Gasteiger partial charge in [-0.25, -0.2) is 0 Å². The number of carbonyl (C=O) groups is 2. The normalized spacial score (nSPS) is 14.9. The molecule has 156 valence electrons. The lowest BCUT2D eigenvalue weighted by Crippen LogP contribution is -2.27. The van der Waals surface area contributed by atoms with Gasteiger partial charge in [-0.1, -0.05) is 30.0 Å². The minimum atomic E-state index is -0.580. The number of thioether (sulfide) groups is 1. The number of carbonyl (C=O) groups excluding carboxylic acids is 2. The van der Waals surface area contributed by atoms with E-state index < -0.39 is 5.91 Å². The molecule has 1 aliphatic heterocycles. The molecular weight excluding hydrogens is 424 g/mol. The number of ether oxygens (including phenoxy) is 3. The monoisotopic (exact) mass is 444 g/mol. The van der Waals surface area contributed by atoms with E-state index in [4.69, 9.17) is 32.2 Å². The van der Waals surface area contributed by atoms with Crippen molar-refractivity contribution in [1.82, 2.24) is 0 Å². The number of primary amides is 1. The van der Waals surface area contributed by atoms with Crippen molar-refractivity contribution in [3.05, 3.63) is 52.9 Å². The molecule has 0 unspecified atom stereocenters. The predicted molar refractivity (Wildman–Crippen MR) is 121 cm³/mol. The third-order valence-corrected chi connectivity index (χ3v) is 5.36. The molecule has 0 atom stereocenters. The Morgan fingerprint density at radius 3 is 2.53 bits per heavy atom. The summed E-state index contributed by atoms with van der Waals surface area (Å²) in [5.41, 5.74) is 6.54. The van der Waals surface area contributed by atoms with Gasteiger partial charge < -0.3 is 19.9 Å². The van der Waals surface area contributed by atoms with Crippen LogP contribution in [-0.2, 0) is 9.59 Å². The largest absolute Gasteiger partial charge is 0.497 e. The van der Waals surface area contributed by atoms with Crippen LogP contribution in [0.2, 0.25) is 0 Å². The van der Waals surface area contributed by atoms with E-state index in [0.717, 1.165) is 5.56 Å². The number of thiocarbonyl (C=S) groups is 1. The number of amides is 2. The van der Waals surface area contributed by atoms with Crippen molar-refractivity contribution < 1.29 is 23.8 Å². The first-order valence-electron chi connectivity index (χ1n) is 9.03. The van der Waals surface area contributed by atoms with Gasteiger partial charge >= 0.3 is 0 Å². The lowest BCUT2D eigenvalue weighted by Gasteiger charge is -2.14. The fourth-order valence-electron chi connectivity index (χ4n) is 2.72. The Morgan fingerprint density at radius 1 is 1.17 bits per heavy atom. The molecule has 3 rings (SSSR count). The van der Waals surface area contributed by atoms with Gasteiger partial charge in [0, 0.05) is 0 Å². The van der Waals surface area contributed by atoms with Crippen molar-refractivity contribution in [2.24, 2.45) is 5.73 Å². The maximum absolute atomic E-state index is 12.9. The Morgan fingerprint density at radius 2 is 1.90 bits per heavy atom. The molecule has 0 aromatic heterocycles. The summed E-state index contributed by atoms with van der Waals surface area (Å²) in [5, 5.41) is 0. The number of nitrogens with two attached hydrogens (primary N) is 1. The van der Waals surface area contributed by atoms with E-state index >= 15 is 0 Å². The van der Waals surface area contributed by atoms with Crippen LogP contribution in [0.5, 0.6) is 17.2 Å². The average Bonchev–Trinajstić information content (AvgIpc) is 3.00. The fraction of sp³-hybridized carbons (Fsp3) is 0.190. The first kappa shape index (κ1) is 21.7. The van der Waals surface area contributed by atoms with Gasteiger partial charge in [0.1, 0.15) is 5.75 Å². The van der Waals surface area contributed by atoms with Gasteiger partial charge in [-0.2, -0.15) is 0 Å². The van der Waals surface area contributed by atoms with Crippen LogP contribution in [0.25, 0.3) is 6.08 Å². The molecule has 0 bridgehead atoms. The van der Waals surface area contributed by atoms with Crippen LogP contribution in [0.1, 0.15) is 12.5 Å². The molecule has 0 saturated carbocycles. The zero-order valence-corrected chi connectivity index (χ0v) is 18.0. The molecule has 2 aromatic carbocycles. The quantitative estimate of drug-likeness (QED) is 0.493. The maximum atomic E-state index is 12.9. The third kappa shape index (κ3) is 4.92. The van der Waals surface area contributed by atoms with E-state index in [1.54, 1.807) is 55.7 Å². The molecule has 2 aromatic rings. The van der Waals surface area contributed by atoms with E-state index in [1.807, 2.05) is 6.92 Å². The van der Waals surface area contributed by atoms with Crippen LogP contribution in [0.4, 0.5) is 5.69 Å². The Kier molecular flexibility index (Phi) is 6.96. The summed E-state index contributed by atoms with van der Waals surface area (Å²) in [4.78, 5) is 25.9. The van der Waals surface area contributed by atoms with Gasteiger partial charge in [0.05, 0.1) is 24.3 Å². The summed E-state index contributed by atoms with van der Waals surface area (Å²) in [7, 11) is 1.58. The summed E-state index contributed by atoms with van der Waals surface area (Å²) in [6.45, 7) is 2.00. The standard InChI is InChI=1S/C21H20N2O5S2/c1-3-27-17-10-13(4-9-16(17)28-12-19(22)24)11-18-20(25)23(21(29)30-18)14-5-7-15(26-2)8-6-14/h4-11H,3,12H2,1-2H3,(H2,22,24)/b18-11+. The zero-order chi connectivity index (χ0) is 21.7. The van der Waals surface area contributed by atoms with Crippen molar-refractivity contribution in [1.29, 1.82) is 0 Å². The van der Waals surface area contributed by atoms with Crippen molar-refractivity contribution in [3.8, 4) is 17.2 Å². The Balaban J connectivity index is 1.85. The lowest BCUT2D eigenvalue weighted by molar-refractivity contribution is -0.120. The van der Waals surface area contributed by atoms with Crippen molar-refractivity contribution in [2.45, 2.75) is 6.92 Å². The molecule has 2 amide bonds. The number of hydrogen-bond donors (Lipinski definition) is 1. The minimum Gasteiger partial charge on any atom is -0.497 e. The van der Waals surface area contributed by atoms with Crippen LogP contribution in [-0.4, -0.2) is 36.5 Å². The van der Waals surface area contributed by atoms with Gasteiger partial charge in [0.2, 0.25) is 0 Å². The molecule has 30 heavy (non-hydrogen) atoms. The van der Waals surface area contributed by atoms with E-state index in [0.29, 0.717) is 38.8 Å². The number of hydrogen-bond acceptors (Lipinski definition) is 7. The summed E-state index contributed by atoms with van der Waals surface area (Å²) >= 11 is 6.63. The highest BCUT2D eigenvalue weighted by Gasteiger charge is 2.33. The molecule has 1 fully saturated rings. The highest BCUT2D eigenvalue weighted by atomic mass is 32.2. The number of methoxy groups -OCH3 is 1. The molecule has 0 radical (unpaired) electrons. The molecule has 0 spiro atoms. The Labute approximate surface area is 183 Å². The molecule has 2 N–H and O–H groups in total. The topological polar surface area (TPSA) is 91.1 Å². The summed E-state index contributed by atoms with van der Waals surface area (Å²) in [6, 6.07) is 12.3. The first-order valence-corrected chi connectivity index (χ1v) is 10.3. The highest BCUT2D eigenvalue weighted by Crippen LogP contribution is 2.37. The number of nitrogens with zero attached hydrogens (tertiary/aromatic N) is 1. The average molecular weight is 445 g/mol.